The normalized spacial score (nSPS) is 19.9. The summed E-state index contributed by atoms with van der Waals surface area (Å²) in [5, 5.41) is 10.5. The summed E-state index contributed by atoms with van der Waals surface area (Å²) < 4.78 is 39.9. The van der Waals surface area contributed by atoms with Gasteiger partial charge in [-0.15, -0.1) is 0 Å². The van der Waals surface area contributed by atoms with Gasteiger partial charge in [0.15, 0.2) is 17.5 Å². The van der Waals surface area contributed by atoms with Crippen LogP contribution < -0.4 is 0 Å². The molecule has 2 rings (SSSR count). The Balaban J connectivity index is 2.25. The van der Waals surface area contributed by atoms with Crippen molar-refractivity contribution in [2.75, 3.05) is 13.1 Å². The largest absolute Gasteiger partial charge is 0.385 e. The van der Waals surface area contributed by atoms with Gasteiger partial charge in [0, 0.05) is 24.7 Å². The number of benzene rings is 1. The molecule has 0 saturated carbocycles. The van der Waals surface area contributed by atoms with Crippen molar-refractivity contribution in [3.05, 3.63) is 35.1 Å². The van der Waals surface area contributed by atoms with Crippen LogP contribution in [0.2, 0.25) is 0 Å². The Morgan fingerprint density at radius 2 is 1.68 bits per heavy atom. The molecule has 1 aliphatic heterocycles. The highest BCUT2D eigenvalue weighted by Gasteiger charge is 2.37. The molecular formula is C14H18F3NO. The van der Waals surface area contributed by atoms with Gasteiger partial charge in [-0.2, -0.15) is 0 Å². The summed E-state index contributed by atoms with van der Waals surface area (Å²) in [4.78, 5) is 2.16. The minimum absolute atomic E-state index is 0.144. The summed E-state index contributed by atoms with van der Waals surface area (Å²) in [6.45, 7) is 5.30. The first-order valence-electron chi connectivity index (χ1n) is 6.45. The Bertz CT molecular complexity index is 468. The SMILES string of the molecule is CC(C)N1CCC(O)(c2ccc(F)c(F)c2F)CC1. The molecule has 0 atom stereocenters. The maximum atomic E-state index is 13.8. The van der Waals surface area contributed by atoms with E-state index in [0.29, 0.717) is 32.0 Å². The lowest BCUT2D eigenvalue weighted by molar-refractivity contribution is -0.0353. The van der Waals surface area contributed by atoms with Gasteiger partial charge in [0.1, 0.15) is 0 Å². The molecule has 0 radical (unpaired) electrons. The maximum absolute atomic E-state index is 13.8. The molecule has 106 valence electrons. The van der Waals surface area contributed by atoms with Crippen LogP contribution in [0.1, 0.15) is 32.3 Å². The van der Waals surface area contributed by atoms with Crippen LogP contribution in [0.4, 0.5) is 13.2 Å². The summed E-state index contributed by atoms with van der Waals surface area (Å²) in [6.07, 6.45) is 0.625. The molecule has 0 bridgehead atoms. The van der Waals surface area contributed by atoms with Crippen molar-refractivity contribution in [1.82, 2.24) is 4.90 Å². The molecule has 1 saturated heterocycles. The van der Waals surface area contributed by atoms with E-state index in [2.05, 4.69) is 4.90 Å². The molecule has 1 heterocycles. The third kappa shape index (κ3) is 2.62. The summed E-state index contributed by atoms with van der Waals surface area (Å²) >= 11 is 0. The van der Waals surface area contributed by atoms with Gasteiger partial charge in [-0.05, 0) is 32.8 Å². The van der Waals surface area contributed by atoms with Crippen LogP contribution in [0.3, 0.4) is 0 Å². The van der Waals surface area contributed by atoms with Crippen molar-refractivity contribution in [3.63, 3.8) is 0 Å². The highest BCUT2D eigenvalue weighted by Crippen LogP contribution is 2.35. The summed E-state index contributed by atoms with van der Waals surface area (Å²) in [5.74, 6) is -4.03. The summed E-state index contributed by atoms with van der Waals surface area (Å²) in [5.41, 5.74) is -1.56. The predicted molar refractivity (Wildman–Crippen MR) is 66.2 cm³/mol. The minimum Gasteiger partial charge on any atom is -0.385 e. The van der Waals surface area contributed by atoms with E-state index in [0.717, 1.165) is 12.1 Å². The topological polar surface area (TPSA) is 23.5 Å². The smallest absolute Gasteiger partial charge is 0.194 e. The van der Waals surface area contributed by atoms with Gasteiger partial charge in [-0.25, -0.2) is 13.2 Å². The van der Waals surface area contributed by atoms with Gasteiger partial charge in [-0.3, -0.25) is 0 Å². The molecular weight excluding hydrogens is 255 g/mol. The van der Waals surface area contributed by atoms with E-state index in [4.69, 9.17) is 0 Å². The van der Waals surface area contributed by atoms with Gasteiger partial charge in [0.05, 0.1) is 5.60 Å². The van der Waals surface area contributed by atoms with Gasteiger partial charge in [-0.1, -0.05) is 6.07 Å². The second kappa shape index (κ2) is 5.13. The molecule has 0 spiro atoms. The second-order valence-corrected chi connectivity index (χ2v) is 5.38. The van der Waals surface area contributed by atoms with Crippen molar-refractivity contribution in [2.45, 2.75) is 38.3 Å². The first kappa shape index (κ1) is 14.3. The molecule has 0 unspecified atom stereocenters. The summed E-state index contributed by atoms with van der Waals surface area (Å²) in [7, 11) is 0. The third-order valence-corrected chi connectivity index (χ3v) is 3.89. The number of likely N-dealkylation sites (tertiary alicyclic amines) is 1. The number of nitrogens with zero attached hydrogens (tertiary/aromatic N) is 1. The Hall–Kier alpha value is -1.07. The molecule has 1 aliphatic rings. The molecule has 0 aromatic heterocycles. The second-order valence-electron chi connectivity index (χ2n) is 5.38. The Labute approximate surface area is 110 Å². The zero-order valence-corrected chi connectivity index (χ0v) is 11.1. The first-order chi connectivity index (χ1) is 8.85. The average Bonchev–Trinajstić information content (AvgIpc) is 2.36. The van der Waals surface area contributed by atoms with Crippen molar-refractivity contribution in [2.24, 2.45) is 0 Å². The van der Waals surface area contributed by atoms with E-state index in [9.17, 15) is 18.3 Å². The average molecular weight is 273 g/mol. The predicted octanol–water partition coefficient (Wildman–Crippen LogP) is 2.80. The quantitative estimate of drug-likeness (QED) is 0.838. The molecule has 2 nitrogen and oxygen atoms in total. The lowest BCUT2D eigenvalue weighted by atomic mass is 9.83. The first-order valence-corrected chi connectivity index (χ1v) is 6.45. The fourth-order valence-electron chi connectivity index (χ4n) is 2.56. The van der Waals surface area contributed by atoms with E-state index >= 15 is 0 Å². The molecule has 1 N–H and O–H groups in total. The van der Waals surface area contributed by atoms with Crippen molar-refractivity contribution in [1.29, 1.82) is 0 Å². The third-order valence-electron chi connectivity index (χ3n) is 3.89. The number of piperidine rings is 1. The molecule has 1 fully saturated rings. The van der Waals surface area contributed by atoms with E-state index < -0.39 is 23.1 Å². The van der Waals surface area contributed by atoms with Crippen molar-refractivity contribution < 1.29 is 18.3 Å². The molecule has 0 aliphatic carbocycles. The minimum atomic E-state index is -1.52. The standard InChI is InChI=1S/C14H18F3NO/c1-9(2)18-7-5-14(19,6-8-18)10-3-4-11(15)13(17)12(10)16/h3-4,9,19H,5-8H2,1-2H3. The molecule has 0 amide bonds. The van der Waals surface area contributed by atoms with Crippen molar-refractivity contribution >= 4 is 0 Å². The number of hydrogen-bond acceptors (Lipinski definition) is 2. The zero-order valence-electron chi connectivity index (χ0n) is 11.1. The monoisotopic (exact) mass is 273 g/mol. The fourth-order valence-corrected chi connectivity index (χ4v) is 2.56. The van der Waals surface area contributed by atoms with Gasteiger partial charge < -0.3 is 10.0 Å². The molecule has 1 aromatic carbocycles. The van der Waals surface area contributed by atoms with Crippen LogP contribution >= 0.6 is 0 Å². The Morgan fingerprint density at radius 1 is 1.11 bits per heavy atom. The van der Waals surface area contributed by atoms with Gasteiger partial charge >= 0.3 is 0 Å². The van der Waals surface area contributed by atoms with E-state index in [1.165, 1.54) is 0 Å². The molecule has 1 aromatic rings. The molecule has 5 heteroatoms. The van der Waals surface area contributed by atoms with Gasteiger partial charge in [0.2, 0.25) is 0 Å². The van der Waals surface area contributed by atoms with Crippen molar-refractivity contribution in [3.8, 4) is 0 Å². The van der Waals surface area contributed by atoms with E-state index in [-0.39, 0.29) is 5.56 Å². The van der Waals surface area contributed by atoms with E-state index in [1.807, 2.05) is 13.8 Å². The lowest BCUT2D eigenvalue weighted by Gasteiger charge is -2.40. The van der Waals surface area contributed by atoms with Crippen LogP contribution in [0.25, 0.3) is 0 Å². The molecule has 19 heavy (non-hydrogen) atoms. The number of aliphatic hydroxyl groups is 1. The Kier molecular flexibility index (Phi) is 3.87. The number of rotatable bonds is 2. The zero-order chi connectivity index (χ0) is 14.2. The fraction of sp³-hybridized carbons (Fsp3) is 0.571. The van der Waals surface area contributed by atoms with Crippen LogP contribution in [0, 0.1) is 17.5 Å². The number of halogens is 3. The lowest BCUT2D eigenvalue weighted by Crippen LogP contribution is -2.45. The maximum Gasteiger partial charge on any atom is 0.194 e. The number of hydrogen-bond donors (Lipinski definition) is 1. The van der Waals surface area contributed by atoms with Crippen LogP contribution in [-0.2, 0) is 5.60 Å². The van der Waals surface area contributed by atoms with Gasteiger partial charge in [0.25, 0.3) is 0 Å². The highest BCUT2D eigenvalue weighted by atomic mass is 19.2. The van der Waals surface area contributed by atoms with Crippen LogP contribution in [-0.4, -0.2) is 29.1 Å². The van der Waals surface area contributed by atoms with Crippen LogP contribution in [0.15, 0.2) is 12.1 Å². The Morgan fingerprint density at radius 3 is 2.21 bits per heavy atom. The summed E-state index contributed by atoms with van der Waals surface area (Å²) in [6, 6.07) is 2.35. The van der Waals surface area contributed by atoms with Crippen LogP contribution in [0.5, 0.6) is 0 Å². The van der Waals surface area contributed by atoms with E-state index in [1.54, 1.807) is 0 Å². The highest BCUT2D eigenvalue weighted by molar-refractivity contribution is 5.27.